The Morgan fingerprint density at radius 2 is 1.82 bits per heavy atom. The molecule has 4 heteroatoms. The lowest BCUT2D eigenvalue weighted by Crippen LogP contribution is -2.43. The molecule has 0 saturated heterocycles. The van der Waals surface area contributed by atoms with Crippen molar-refractivity contribution in [2.24, 2.45) is 4.99 Å². The average Bonchev–Trinajstić information content (AvgIpc) is 2.50. The number of unbranched alkanes of at least 4 members (excludes halogenated alkanes) is 1. The fourth-order valence-electron chi connectivity index (χ4n) is 2.21. The van der Waals surface area contributed by atoms with Crippen molar-refractivity contribution in [2.45, 2.75) is 39.0 Å². The van der Waals surface area contributed by atoms with Crippen LogP contribution < -0.4 is 10.6 Å². The zero-order valence-corrected chi connectivity index (χ0v) is 15.5. The Bertz CT molecular complexity index is 452. The molecule has 124 valence electrons. The smallest absolute Gasteiger partial charge is 0.191 e. The van der Waals surface area contributed by atoms with Gasteiger partial charge in [-0.15, -0.1) is 0 Å². The maximum absolute atomic E-state index is 4.31. The van der Waals surface area contributed by atoms with E-state index >= 15 is 0 Å². The van der Waals surface area contributed by atoms with Gasteiger partial charge in [-0.1, -0.05) is 43.7 Å². The van der Waals surface area contributed by atoms with Crippen molar-refractivity contribution in [2.75, 3.05) is 32.1 Å². The molecule has 0 aliphatic rings. The van der Waals surface area contributed by atoms with Crippen molar-refractivity contribution < 1.29 is 0 Å². The molecule has 0 unspecified atom stereocenters. The summed E-state index contributed by atoms with van der Waals surface area (Å²) in [5, 5.41) is 6.84. The van der Waals surface area contributed by atoms with Crippen LogP contribution in [0.2, 0.25) is 0 Å². The van der Waals surface area contributed by atoms with E-state index in [1.54, 1.807) is 0 Å². The second kappa shape index (κ2) is 9.78. The van der Waals surface area contributed by atoms with E-state index in [-0.39, 0.29) is 5.41 Å². The lowest BCUT2D eigenvalue weighted by atomic mass is 9.84. The molecule has 0 spiro atoms. The Morgan fingerprint density at radius 1 is 1.14 bits per heavy atom. The van der Waals surface area contributed by atoms with Crippen LogP contribution >= 0.6 is 11.8 Å². The Balaban J connectivity index is 2.42. The summed E-state index contributed by atoms with van der Waals surface area (Å²) in [6.07, 6.45) is 4.59. The molecule has 1 rings (SSSR count). The summed E-state index contributed by atoms with van der Waals surface area (Å²) in [4.78, 5) is 4.31. The molecule has 0 amide bonds. The second-order valence-corrected chi connectivity index (χ2v) is 7.29. The fourth-order valence-corrected chi connectivity index (χ4v) is 2.70. The Kier molecular flexibility index (Phi) is 8.39. The first kappa shape index (κ1) is 18.9. The molecule has 0 fully saturated rings. The Hall–Kier alpha value is -1.16. The highest BCUT2D eigenvalue weighted by atomic mass is 32.2. The number of rotatable bonds is 8. The van der Waals surface area contributed by atoms with Crippen molar-refractivity contribution in [1.82, 2.24) is 10.6 Å². The number of hydrogen-bond donors (Lipinski definition) is 2. The quantitative estimate of drug-likeness (QED) is 0.436. The summed E-state index contributed by atoms with van der Waals surface area (Å²) < 4.78 is 0. The van der Waals surface area contributed by atoms with Crippen molar-refractivity contribution in [3.8, 4) is 0 Å². The van der Waals surface area contributed by atoms with Crippen LogP contribution in [-0.4, -0.2) is 38.1 Å². The van der Waals surface area contributed by atoms with Crippen LogP contribution in [0.4, 0.5) is 0 Å². The van der Waals surface area contributed by atoms with Crippen molar-refractivity contribution in [1.29, 1.82) is 0 Å². The fraction of sp³-hybridized carbons (Fsp3) is 0.611. The maximum atomic E-state index is 4.31. The number of benzene rings is 1. The van der Waals surface area contributed by atoms with Crippen LogP contribution in [0.5, 0.6) is 0 Å². The van der Waals surface area contributed by atoms with Crippen LogP contribution in [-0.2, 0) is 5.41 Å². The van der Waals surface area contributed by atoms with Crippen molar-refractivity contribution >= 4 is 17.7 Å². The van der Waals surface area contributed by atoms with E-state index in [0.717, 1.165) is 19.0 Å². The van der Waals surface area contributed by atoms with E-state index in [2.05, 4.69) is 66.9 Å². The van der Waals surface area contributed by atoms with Gasteiger partial charge in [-0.05, 0) is 37.3 Å². The van der Waals surface area contributed by atoms with E-state index in [1.165, 1.54) is 29.7 Å². The molecule has 1 aromatic rings. The number of aliphatic imine (C=N–C) groups is 1. The third-order valence-electron chi connectivity index (χ3n) is 3.82. The largest absolute Gasteiger partial charge is 0.356 e. The number of thioether (sulfide) groups is 1. The van der Waals surface area contributed by atoms with Crippen molar-refractivity contribution in [3.63, 3.8) is 0 Å². The molecule has 0 atom stereocenters. The van der Waals surface area contributed by atoms with Crippen LogP contribution in [0.3, 0.4) is 0 Å². The van der Waals surface area contributed by atoms with Crippen molar-refractivity contribution in [3.05, 3.63) is 35.4 Å². The first-order chi connectivity index (χ1) is 10.5. The number of aryl methyl sites for hydroxylation is 1. The predicted octanol–water partition coefficient (Wildman–Crippen LogP) is 3.58. The summed E-state index contributed by atoms with van der Waals surface area (Å²) in [6, 6.07) is 8.79. The van der Waals surface area contributed by atoms with Gasteiger partial charge in [0.15, 0.2) is 5.96 Å². The van der Waals surface area contributed by atoms with Gasteiger partial charge >= 0.3 is 0 Å². The Labute approximate surface area is 140 Å². The molecule has 1 aromatic carbocycles. The number of guanidine groups is 1. The normalized spacial score (nSPS) is 12.3. The van der Waals surface area contributed by atoms with Gasteiger partial charge in [-0.25, -0.2) is 0 Å². The monoisotopic (exact) mass is 321 g/mol. The second-order valence-electron chi connectivity index (χ2n) is 6.30. The lowest BCUT2D eigenvalue weighted by molar-refractivity contribution is 0.508. The zero-order valence-electron chi connectivity index (χ0n) is 14.7. The molecule has 0 radical (unpaired) electrons. The standard InChI is InChI=1S/C18H31N3S/c1-15-8-10-16(11-9-15)18(2,3)14-21-17(19-4)20-12-6-7-13-22-5/h8-11H,6-7,12-14H2,1-5H3,(H2,19,20,21). The number of nitrogens with one attached hydrogen (secondary N) is 2. The van der Waals surface area contributed by atoms with Gasteiger partial charge in [0.2, 0.25) is 0 Å². The summed E-state index contributed by atoms with van der Waals surface area (Å²) in [5.74, 6) is 2.12. The van der Waals surface area contributed by atoms with Crippen LogP contribution in [0.1, 0.15) is 37.8 Å². The van der Waals surface area contributed by atoms with Gasteiger partial charge < -0.3 is 10.6 Å². The molecule has 0 aliphatic carbocycles. The highest BCUT2D eigenvalue weighted by Crippen LogP contribution is 2.22. The molecule has 0 aliphatic heterocycles. The number of nitrogens with zero attached hydrogens (tertiary/aromatic N) is 1. The SMILES string of the molecule is CN=C(NCCCCSC)NCC(C)(C)c1ccc(C)cc1. The third-order valence-corrected chi connectivity index (χ3v) is 4.52. The van der Waals surface area contributed by atoms with Gasteiger partial charge in [-0.2, -0.15) is 11.8 Å². The summed E-state index contributed by atoms with van der Waals surface area (Å²) in [6.45, 7) is 8.48. The average molecular weight is 322 g/mol. The minimum absolute atomic E-state index is 0.0736. The highest BCUT2D eigenvalue weighted by Gasteiger charge is 2.20. The van der Waals surface area contributed by atoms with Gasteiger partial charge in [0.1, 0.15) is 0 Å². The van der Waals surface area contributed by atoms with E-state index in [0.29, 0.717) is 0 Å². The molecular formula is C18H31N3S. The zero-order chi connectivity index (χ0) is 16.4. The van der Waals surface area contributed by atoms with Crippen LogP contribution in [0, 0.1) is 6.92 Å². The summed E-state index contributed by atoms with van der Waals surface area (Å²) in [5.41, 5.74) is 2.72. The van der Waals surface area contributed by atoms with Gasteiger partial charge in [0.05, 0.1) is 0 Å². The summed E-state index contributed by atoms with van der Waals surface area (Å²) in [7, 11) is 1.83. The highest BCUT2D eigenvalue weighted by molar-refractivity contribution is 7.98. The first-order valence-corrected chi connectivity index (χ1v) is 9.39. The minimum Gasteiger partial charge on any atom is -0.356 e. The maximum Gasteiger partial charge on any atom is 0.191 e. The van der Waals surface area contributed by atoms with Gasteiger partial charge in [-0.3, -0.25) is 4.99 Å². The molecular weight excluding hydrogens is 290 g/mol. The topological polar surface area (TPSA) is 36.4 Å². The van der Waals surface area contributed by atoms with Gasteiger partial charge in [0, 0.05) is 25.6 Å². The predicted molar refractivity (Wildman–Crippen MR) is 101 cm³/mol. The van der Waals surface area contributed by atoms with Crippen LogP contribution in [0.15, 0.2) is 29.3 Å². The number of hydrogen-bond acceptors (Lipinski definition) is 2. The lowest BCUT2D eigenvalue weighted by Gasteiger charge is -2.27. The first-order valence-electron chi connectivity index (χ1n) is 8.00. The van der Waals surface area contributed by atoms with E-state index in [9.17, 15) is 0 Å². The van der Waals surface area contributed by atoms with E-state index in [4.69, 9.17) is 0 Å². The molecule has 3 nitrogen and oxygen atoms in total. The molecule has 2 N–H and O–H groups in total. The Morgan fingerprint density at radius 3 is 2.41 bits per heavy atom. The molecule has 0 saturated carbocycles. The molecule has 0 bridgehead atoms. The van der Waals surface area contributed by atoms with E-state index < -0.39 is 0 Å². The molecule has 0 aromatic heterocycles. The van der Waals surface area contributed by atoms with Crippen LogP contribution in [0.25, 0.3) is 0 Å². The molecule has 0 heterocycles. The summed E-state index contributed by atoms with van der Waals surface area (Å²) >= 11 is 1.90. The van der Waals surface area contributed by atoms with E-state index in [1.807, 2.05) is 18.8 Å². The molecule has 22 heavy (non-hydrogen) atoms. The van der Waals surface area contributed by atoms with Gasteiger partial charge in [0.25, 0.3) is 0 Å². The third kappa shape index (κ3) is 6.73. The minimum atomic E-state index is 0.0736.